The van der Waals surface area contributed by atoms with Crippen LogP contribution in [0, 0.1) is 5.41 Å². The third kappa shape index (κ3) is 5.52. The minimum absolute atomic E-state index is 0.0364. The van der Waals surface area contributed by atoms with E-state index >= 15 is 0 Å². The number of aliphatic hydroxyl groups is 2. The van der Waals surface area contributed by atoms with E-state index in [0.29, 0.717) is 41.4 Å². The molecule has 5 rings (SSSR count). The molecule has 4 N–H and O–H groups in total. The Morgan fingerprint density at radius 1 is 1.08 bits per heavy atom. The maximum Gasteiger partial charge on any atom is 0.260 e. The van der Waals surface area contributed by atoms with E-state index in [1.165, 1.54) is 12.8 Å². The third-order valence-electron chi connectivity index (χ3n) is 8.17. The number of carbonyl (C=O) groups is 1. The molecule has 1 atom stereocenters. The standard InChI is InChI=1S/C28H40N6O3/c1-26(2,18-35)32-22-9-8-20(24(30-22)33-14-12-28(10-11-28)13-15-33)25(37)31-21-6-5-7-23(29-21)34-17-19(36)16-27(34,3)4/h5-9,19,35-36H,10-18H2,1-4H3,(H,30,32)(H,29,31,37). The Morgan fingerprint density at radius 2 is 1.81 bits per heavy atom. The molecule has 1 amide bonds. The van der Waals surface area contributed by atoms with Crippen molar-refractivity contribution in [3.8, 4) is 0 Å². The first kappa shape index (κ1) is 25.7. The summed E-state index contributed by atoms with van der Waals surface area (Å²) in [6.07, 6.45) is 5.13. The van der Waals surface area contributed by atoms with Crippen molar-refractivity contribution in [1.82, 2.24) is 9.97 Å². The first-order valence-corrected chi connectivity index (χ1v) is 13.4. The summed E-state index contributed by atoms with van der Waals surface area (Å²) in [5.74, 6) is 2.23. The molecule has 9 heteroatoms. The molecular formula is C28H40N6O3. The van der Waals surface area contributed by atoms with E-state index in [1.54, 1.807) is 18.2 Å². The highest BCUT2D eigenvalue weighted by molar-refractivity contribution is 6.07. The van der Waals surface area contributed by atoms with Gasteiger partial charge in [-0.2, -0.15) is 0 Å². The van der Waals surface area contributed by atoms with Gasteiger partial charge in [0.15, 0.2) is 0 Å². The van der Waals surface area contributed by atoms with Crippen molar-refractivity contribution in [2.75, 3.05) is 46.7 Å². The smallest absolute Gasteiger partial charge is 0.260 e. The minimum Gasteiger partial charge on any atom is -0.394 e. The largest absolute Gasteiger partial charge is 0.394 e. The third-order valence-corrected chi connectivity index (χ3v) is 8.17. The van der Waals surface area contributed by atoms with Crippen LogP contribution in [-0.4, -0.2) is 69.5 Å². The molecule has 2 aromatic heterocycles. The molecule has 1 spiro atoms. The van der Waals surface area contributed by atoms with E-state index < -0.39 is 11.6 Å². The summed E-state index contributed by atoms with van der Waals surface area (Å²) in [7, 11) is 0. The van der Waals surface area contributed by atoms with Gasteiger partial charge in [0.2, 0.25) is 0 Å². The summed E-state index contributed by atoms with van der Waals surface area (Å²) in [4.78, 5) is 27.4. The zero-order chi connectivity index (χ0) is 26.4. The van der Waals surface area contributed by atoms with Crippen LogP contribution in [0.2, 0.25) is 0 Å². The maximum atomic E-state index is 13.6. The van der Waals surface area contributed by atoms with Crippen molar-refractivity contribution < 1.29 is 15.0 Å². The van der Waals surface area contributed by atoms with Crippen molar-refractivity contribution >= 4 is 29.2 Å². The topological polar surface area (TPSA) is 114 Å². The van der Waals surface area contributed by atoms with Crippen LogP contribution < -0.4 is 20.4 Å². The number of rotatable bonds is 7. The van der Waals surface area contributed by atoms with Crippen molar-refractivity contribution in [3.63, 3.8) is 0 Å². The highest BCUT2D eigenvalue weighted by Crippen LogP contribution is 2.54. The molecule has 1 unspecified atom stereocenters. The summed E-state index contributed by atoms with van der Waals surface area (Å²) < 4.78 is 0. The van der Waals surface area contributed by atoms with Crippen LogP contribution in [0.5, 0.6) is 0 Å². The Balaban J connectivity index is 1.39. The fourth-order valence-corrected chi connectivity index (χ4v) is 5.63. The molecule has 1 saturated carbocycles. The van der Waals surface area contributed by atoms with E-state index in [0.717, 1.165) is 31.7 Å². The van der Waals surface area contributed by atoms with Crippen molar-refractivity contribution in [3.05, 3.63) is 35.9 Å². The molecule has 4 heterocycles. The normalized spacial score (nSPS) is 22.3. The Kier molecular flexibility index (Phi) is 6.56. The number of aliphatic hydroxyl groups excluding tert-OH is 2. The van der Waals surface area contributed by atoms with E-state index in [9.17, 15) is 15.0 Å². The maximum absolute atomic E-state index is 13.6. The second-order valence-corrected chi connectivity index (χ2v) is 12.3. The summed E-state index contributed by atoms with van der Waals surface area (Å²) in [5.41, 5.74) is 0.262. The Hall–Kier alpha value is -2.91. The number of aromatic nitrogens is 2. The average Bonchev–Trinajstić information content (AvgIpc) is 3.54. The van der Waals surface area contributed by atoms with Gasteiger partial charge in [-0.1, -0.05) is 6.07 Å². The zero-order valence-corrected chi connectivity index (χ0v) is 22.4. The lowest BCUT2D eigenvalue weighted by Gasteiger charge is -2.34. The molecule has 0 bridgehead atoms. The second kappa shape index (κ2) is 9.44. The predicted octanol–water partition coefficient (Wildman–Crippen LogP) is 3.64. The van der Waals surface area contributed by atoms with E-state index in [-0.39, 0.29) is 18.1 Å². The van der Waals surface area contributed by atoms with Gasteiger partial charge in [-0.05, 0) is 89.5 Å². The van der Waals surface area contributed by atoms with Crippen molar-refractivity contribution in [2.24, 2.45) is 5.41 Å². The highest BCUT2D eigenvalue weighted by atomic mass is 16.3. The number of nitrogens with zero attached hydrogens (tertiary/aromatic N) is 4. The van der Waals surface area contributed by atoms with Crippen LogP contribution >= 0.6 is 0 Å². The van der Waals surface area contributed by atoms with Gasteiger partial charge in [0, 0.05) is 25.2 Å². The van der Waals surface area contributed by atoms with Gasteiger partial charge in [0.1, 0.15) is 23.3 Å². The van der Waals surface area contributed by atoms with Crippen LogP contribution in [0.3, 0.4) is 0 Å². The Labute approximate surface area is 219 Å². The molecular weight excluding hydrogens is 468 g/mol. The van der Waals surface area contributed by atoms with Crippen LogP contribution in [0.25, 0.3) is 0 Å². The van der Waals surface area contributed by atoms with E-state index in [4.69, 9.17) is 9.97 Å². The summed E-state index contributed by atoms with van der Waals surface area (Å²) in [6.45, 7) is 10.2. The molecule has 37 heavy (non-hydrogen) atoms. The number of carbonyl (C=O) groups excluding carboxylic acids is 1. The number of piperidine rings is 1. The molecule has 2 saturated heterocycles. The fraction of sp³-hybridized carbons (Fsp3) is 0.607. The monoisotopic (exact) mass is 508 g/mol. The van der Waals surface area contributed by atoms with Gasteiger partial charge in [-0.15, -0.1) is 0 Å². The average molecular weight is 509 g/mol. The lowest BCUT2D eigenvalue weighted by atomic mass is 9.93. The van der Waals surface area contributed by atoms with Gasteiger partial charge >= 0.3 is 0 Å². The number of β-amino-alcohol motifs (C(OH)–C–C–N with tert-alkyl or cyclic N) is 1. The van der Waals surface area contributed by atoms with Crippen molar-refractivity contribution in [1.29, 1.82) is 0 Å². The first-order chi connectivity index (χ1) is 17.5. The number of hydrogen-bond acceptors (Lipinski definition) is 8. The van der Waals surface area contributed by atoms with Gasteiger partial charge in [0.05, 0.1) is 23.8 Å². The van der Waals surface area contributed by atoms with Gasteiger partial charge in [-0.25, -0.2) is 9.97 Å². The molecule has 0 aromatic carbocycles. The predicted molar refractivity (Wildman–Crippen MR) is 146 cm³/mol. The lowest BCUT2D eigenvalue weighted by Crippen LogP contribution is -2.39. The summed E-state index contributed by atoms with van der Waals surface area (Å²) in [5, 5.41) is 26.2. The van der Waals surface area contributed by atoms with Crippen LogP contribution in [0.4, 0.5) is 23.3 Å². The van der Waals surface area contributed by atoms with Crippen LogP contribution in [0.15, 0.2) is 30.3 Å². The van der Waals surface area contributed by atoms with Gasteiger partial charge in [-0.3, -0.25) is 4.79 Å². The quantitative estimate of drug-likeness (QED) is 0.448. The van der Waals surface area contributed by atoms with E-state index in [1.807, 2.05) is 26.0 Å². The summed E-state index contributed by atoms with van der Waals surface area (Å²) in [6, 6.07) is 9.17. The number of amides is 1. The second-order valence-electron chi connectivity index (χ2n) is 12.3. The lowest BCUT2D eigenvalue weighted by molar-refractivity contribution is 0.102. The fourth-order valence-electron chi connectivity index (χ4n) is 5.63. The number of anilines is 4. The molecule has 3 fully saturated rings. The molecule has 9 nitrogen and oxygen atoms in total. The molecule has 1 aliphatic carbocycles. The number of nitrogens with one attached hydrogen (secondary N) is 2. The van der Waals surface area contributed by atoms with Gasteiger partial charge < -0.3 is 30.6 Å². The van der Waals surface area contributed by atoms with Crippen molar-refractivity contribution in [2.45, 2.75) is 77.0 Å². The zero-order valence-electron chi connectivity index (χ0n) is 22.4. The molecule has 2 aromatic rings. The number of pyridine rings is 2. The minimum atomic E-state index is -0.532. The van der Waals surface area contributed by atoms with Crippen LogP contribution in [-0.2, 0) is 0 Å². The highest BCUT2D eigenvalue weighted by Gasteiger charge is 2.45. The SMILES string of the molecule is CC(C)(CO)Nc1ccc(C(=O)Nc2cccc(N3CC(O)CC3(C)C)n2)c(N2CCC3(CC2)CC3)n1. The van der Waals surface area contributed by atoms with Gasteiger partial charge in [0.25, 0.3) is 5.91 Å². The Morgan fingerprint density at radius 3 is 2.43 bits per heavy atom. The van der Waals surface area contributed by atoms with Crippen LogP contribution in [0.1, 0.15) is 70.2 Å². The van der Waals surface area contributed by atoms with E-state index in [2.05, 4.69) is 34.3 Å². The molecule has 2 aliphatic heterocycles. The molecule has 0 radical (unpaired) electrons. The first-order valence-electron chi connectivity index (χ1n) is 13.4. The molecule has 3 aliphatic rings. The summed E-state index contributed by atoms with van der Waals surface area (Å²) >= 11 is 0. The molecule has 200 valence electrons. The Bertz CT molecular complexity index is 1150. The number of hydrogen-bond donors (Lipinski definition) is 4.